The molecule has 0 N–H and O–H groups in total. The van der Waals surface area contributed by atoms with Gasteiger partial charge in [0.05, 0.1) is 12.7 Å². The van der Waals surface area contributed by atoms with E-state index in [2.05, 4.69) is 31.2 Å². The molecular formula is C20H26FNO. The molecule has 0 amide bonds. The van der Waals surface area contributed by atoms with Crippen LogP contribution in [0.4, 0.5) is 4.39 Å². The molecule has 23 heavy (non-hydrogen) atoms. The van der Waals surface area contributed by atoms with Crippen LogP contribution in [0.5, 0.6) is 0 Å². The fourth-order valence-electron chi connectivity index (χ4n) is 3.06. The van der Waals surface area contributed by atoms with Crippen molar-refractivity contribution in [3.8, 4) is 6.07 Å². The first-order valence-electron chi connectivity index (χ1n) is 8.68. The molecule has 3 heteroatoms. The number of allylic oxidation sites excluding steroid dienone is 2. The number of benzene rings is 1. The maximum atomic E-state index is 13.0. The molecule has 1 saturated carbocycles. The summed E-state index contributed by atoms with van der Waals surface area (Å²) in [5.74, 6) is -0.468. The van der Waals surface area contributed by atoms with E-state index in [0.29, 0.717) is 6.61 Å². The molecule has 0 atom stereocenters. The molecule has 0 radical (unpaired) electrons. The zero-order chi connectivity index (χ0) is 16.5. The van der Waals surface area contributed by atoms with Crippen molar-refractivity contribution in [3.05, 3.63) is 47.3 Å². The number of ether oxygens (including phenoxy) is 1. The van der Waals surface area contributed by atoms with Crippen molar-refractivity contribution < 1.29 is 9.13 Å². The van der Waals surface area contributed by atoms with Crippen LogP contribution in [0.1, 0.15) is 56.6 Å². The van der Waals surface area contributed by atoms with Gasteiger partial charge in [-0.2, -0.15) is 9.65 Å². The normalized spacial score (nSPS) is 21.9. The molecule has 1 aliphatic rings. The summed E-state index contributed by atoms with van der Waals surface area (Å²) < 4.78 is 19.0. The van der Waals surface area contributed by atoms with Crippen molar-refractivity contribution >= 4 is 0 Å². The summed E-state index contributed by atoms with van der Waals surface area (Å²) in [5, 5.41) is 8.48. The van der Waals surface area contributed by atoms with E-state index in [-0.39, 0.29) is 12.0 Å². The maximum absolute atomic E-state index is 13.0. The van der Waals surface area contributed by atoms with E-state index in [4.69, 9.17) is 10.00 Å². The number of hydrogen-bond acceptors (Lipinski definition) is 2. The molecule has 0 bridgehead atoms. The minimum atomic E-state index is -0.655. The minimum absolute atomic E-state index is 0.187. The lowest BCUT2D eigenvalue weighted by molar-refractivity contribution is 0.0109. The Morgan fingerprint density at radius 3 is 2.48 bits per heavy atom. The smallest absolute Gasteiger partial charge is 0.196 e. The lowest BCUT2D eigenvalue weighted by atomic mass is 9.87. The zero-order valence-corrected chi connectivity index (χ0v) is 13.9. The van der Waals surface area contributed by atoms with E-state index in [1.165, 1.54) is 30.0 Å². The van der Waals surface area contributed by atoms with Crippen LogP contribution in [0.15, 0.2) is 36.2 Å². The Labute approximate surface area is 139 Å². The molecule has 0 unspecified atom stereocenters. The zero-order valence-electron chi connectivity index (χ0n) is 13.9. The molecule has 0 aromatic heterocycles. The molecule has 124 valence electrons. The summed E-state index contributed by atoms with van der Waals surface area (Å²) >= 11 is 0. The van der Waals surface area contributed by atoms with Crippen molar-refractivity contribution in [2.24, 2.45) is 5.92 Å². The first-order valence-corrected chi connectivity index (χ1v) is 8.68. The maximum Gasteiger partial charge on any atom is 0.196 e. The lowest BCUT2D eigenvalue weighted by Crippen LogP contribution is -2.20. The summed E-state index contributed by atoms with van der Waals surface area (Å²) in [6, 6.07) is 10.2. The molecule has 2 rings (SSSR count). The van der Waals surface area contributed by atoms with Crippen LogP contribution >= 0.6 is 0 Å². The van der Waals surface area contributed by atoms with E-state index in [9.17, 15) is 4.39 Å². The molecule has 0 aliphatic heterocycles. The van der Waals surface area contributed by atoms with Gasteiger partial charge in [0.1, 0.15) is 6.07 Å². The minimum Gasteiger partial charge on any atom is -0.374 e. The van der Waals surface area contributed by atoms with Crippen molar-refractivity contribution in [3.63, 3.8) is 0 Å². The van der Waals surface area contributed by atoms with Crippen molar-refractivity contribution in [2.45, 2.75) is 64.6 Å². The van der Waals surface area contributed by atoms with Crippen molar-refractivity contribution in [1.29, 1.82) is 5.26 Å². The van der Waals surface area contributed by atoms with Crippen LogP contribution in [0.2, 0.25) is 0 Å². The molecule has 1 aromatic rings. The molecule has 1 aliphatic carbocycles. The summed E-state index contributed by atoms with van der Waals surface area (Å²) in [5.41, 5.74) is 2.60. The number of nitriles is 1. The average Bonchev–Trinajstić information content (AvgIpc) is 2.60. The van der Waals surface area contributed by atoms with Gasteiger partial charge in [0.25, 0.3) is 0 Å². The fraction of sp³-hybridized carbons (Fsp3) is 0.550. The third-order valence-electron chi connectivity index (χ3n) is 4.54. The highest BCUT2D eigenvalue weighted by Gasteiger charge is 2.20. The highest BCUT2D eigenvalue weighted by atomic mass is 19.1. The van der Waals surface area contributed by atoms with Gasteiger partial charge in [-0.05, 0) is 61.6 Å². The van der Waals surface area contributed by atoms with Crippen LogP contribution in [0.25, 0.3) is 0 Å². The van der Waals surface area contributed by atoms with E-state index in [1.54, 1.807) is 6.07 Å². The molecule has 1 fully saturated rings. The second-order valence-electron chi connectivity index (χ2n) is 6.39. The van der Waals surface area contributed by atoms with Crippen LogP contribution < -0.4 is 0 Å². The first-order chi connectivity index (χ1) is 11.2. The van der Waals surface area contributed by atoms with E-state index >= 15 is 0 Å². The highest BCUT2D eigenvalue weighted by Crippen LogP contribution is 2.28. The summed E-state index contributed by atoms with van der Waals surface area (Å²) in [7, 11) is 0. The van der Waals surface area contributed by atoms with Crippen LogP contribution in [0.3, 0.4) is 0 Å². The molecule has 0 spiro atoms. The Hall–Kier alpha value is -1.66. The van der Waals surface area contributed by atoms with Gasteiger partial charge < -0.3 is 4.74 Å². The number of aryl methyl sites for hydroxylation is 1. The average molecular weight is 315 g/mol. The highest BCUT2D eigenvalue weighted by molar-refractivity contribution is 5.22. The molecule has 0 heterocycles. The van der Waals surface area contributed by atoms with Gasteiger partial charge in [0, 0.05) is 0 Å². The van der Waals surface area contributed by atoms with Crippen LogP contribution in [-0.4, -0.2) is 6.10 Å². The summed E-state index contributed by atoms with van der Waals surface area (Å²) in [4.78, 5) is 0. The molecular weight excluding hydrogens is 289 g/mol. The van der Waals surface area contributed by atoms with Gasteiger partial charge in [-0.15, -0.1) is 0 Å². The van der Waals surface area contributed by atoms with Crippen LogP contribution in [-0.2, 0) is 17.8 Å². The lowest BCUT2D eigenvalue weighted by Gasteiger charge is -2.26. The molecule has 1 aromatic carbocycles. The standard InChI is InChI=1S/C20H26FNO/c1-2-3-4-16-5-7-18(8-6-16)15-23-20-11-9-17(10-12-20)13-19(21)14-22/h5-8,13,17,20H,2-4,9-12,15H2,1H3/b19-13+/t17-,20-. The number of hydrogen-bond donors (Lipinski definition) is 0. The van der Waals surface area contributed by atoms with Gasteiger partial charge in [-0.25, -0.2) is 0 Å². The predicted molar refractivity (Wildman–Crippen MR) is 90.4 cm³/mol. The topological polar surface area (TPSA) is 33.0 Å². The van der Waals surface area contributed by atoms with Gasteiger partial charge in [0.15, 0.2) is 5.83 Å². The van der Waals surface area contributed by atoms with Gasteiger partial charge in [-0.3, -0.25) is 0 Å². The van der Waals surface area contributed by atoms with Crippen LogP contribution in [0, 0.1) is 17.2 Å². The third-order valence-corrected chi connectivity index (χ3v) is 4.54. The second kappa shape index (κ2) is 9.47. The first kappa shape index (κ1) is 17.7. The van der Waals surface area contributed by atoms with Gasteiger partial charge in [0.2, 0.25) is 0 Å². The van der Waals surface area contributed by atoms with Crippen molar-refractivity contribution in [2.75, 3.05) is 0 Å². The van der Waals surface area contributed by atoms with E-state index < -0.39 is 5.83 Å². The molecule has 2 nitrogen and oxygen atoms in total. The quantitative estimate of drug-likeness (QED) is 0.624. The molecule has 0 saturated heterocycles. The Balaban J connectivity index is 1.72. The number of rotatable bonds is 7. The summed E-state index contributed by atoms with van der Waals surface area (Å²) in [6.45, 7) is 2.85. The Kier molecular flexibility index (Phi) is 7.29. The van der Waals surface area contributed by atoms with E-state index in [1.807, 2.05) is 0 Å². The number of nitrogens with zero attached hydrogens (tertiary/aromatic N) is 1. The second-order valence-corrected chi connectivity index (χ2v) is 6.39. The third kappa shape index (κ3) is 6.15. The fourth-order valence-corrected chi connectivity index (χ4v) is 3.06. The Morgan fingerprint density at radius 1 is 1.22 bits per heavy atom. The van der Waals surface area contributed by atoms with Gasteiger partial charge in [-0.1, -0.05) is 37.6 Å². The number of halogens is 1. The predicted octanol–water partition coefficient (Wildman–Crippen LogP) is 5.48. The number of unbranched alkanes of at least 4 members (excludes halogenated alkanes) is 1. The van der Waals surface area contributed by atoms with E-state index in [0.717, 1.165) is 32.1 Å². The van der Waals surface area contributed by atoms with Gasteiger partial charge >= 0.3 is 0 Å². The SMILES string of the molecule is CCCCc1ccc(CO[C@H]2CC[C@H](/C=C(/F)C#N)CC2)cc1. The Morgan fingerprint density at radius 2 is 1.87 bits per heavy atom. The van der Waals surface area contributed by atoms with Crippen molar-refractivity contribution in [1.82, 2.24) is 0 Å². The largest absolute Gasteiger partial charge is 0.374 e. The Bertz CT molecular complexity index is 536. The summed E-state index contributed by atoms with van der Waals surface area (Å²) in [6.07, 6.45) is 9.00. The monoisotopic (exact) mass is 315 g/mol.